The highest BCUT2D eigenvalue weighted by atomic mass is 31.1. The summed E-state index contributed by atoms with van der Waals surface area (Å²) in [5.41, 5.74) is 9.23. The van der Waals surface area contributed by atoms with Gasteiger partial charge in [0, 0.05) is 28.6 Å². The van der Waals surface area contributed by atoms with Crippen molar-refractivity contribution in [1.82, 2.24) is 4.98 Å². The number of rotatable bonds is 8. The molecule has 204 valence electrons. The highest BCUT2D eigenvalue weighted by molar-refractivity contribution is 7.61. The van der Waals surface area contributed by atoms with Crippen LogP contribution in [0.25, 0.3) is 23.3 Å². The van der Waals surface area contributed by atoms with E-state index >= 15 is 0 Å². The second-order valence-corrected chi connectivity index (χ2v) is 11.8. The summed E-state index contributed by atoms with van der Waals surface area (Å²) < 4.78 is 13.5. The molecule has 5 aromatic carbocycles. The summed E-state index contributed by atoms with van der Waals surface area (Å²) in [4.78, 5) is 6.68. The first-order valence-electron chi connectivity index (χ1n) is 14.0. The maximum absolute atomic E-state index is 13.5. The van der Waals surface area contributed by atoms with Crippen LogP contribution in [-0.4, -0.2) is 4.98 Å². The van der Waals surface area contributed by atoms with Crippen molar-refractivity contribution >= 4 is 47.8 Å². The van der Waals surface area contributed by atoms with Gasteiger partial charge in [-0.1, -0.05) is 115 Å². The van der Waals surface area contributed by atoms with Crippen LogP contribution in [0.2, 0.25) is 0 Å². The van der Waals surface area contributed by atoms with E-state index < -0.39 is 7.80 Å². The summed E-state index contributed by atoms with van der Waals surface area (Å²) in [7, 11) is -2.23. The average molecular weight is 563 g/mol. The Balaban J connectivity index is 1.21. The molecule has 42 heavy (non-hydrogen) atoms. The number of hydrogen-bond acceptors (Lipinski definition) is 3. The molecule has 4 heteroatoms. The first-order valence-corrected chi connectivity index (χ1v) is 15.4. The van der Waals surface area contributed by atoms with Crippen LogP contribution < -0.4 is 15.6 Å². The molecule has 0 radical (unpaired) electrons. The summed E-state index contributed by atoms with van der Waals surface area (Å²) in [5.74, 6) is 0. The fraction of sp³-hybridized carbons (Fsp3) is 0.0263. The molecule has 3 nitrogen and oxygen atoms in total. The van der Waals surface area contributed by atoms with Gasteiger partial charge < -0.3 is 9.46 Å². The Morgan fingerprint density at radius 3 is 1.69 bits per heavy atom. The van der Waals surface area contributed by atoms with Crippen LogP contribution in [0.1, 0.15) is 16.7 Å². The van der Waals surface area contributed by atoms with Crippen LogP contribution in [-0.2, 0) is 4.57 Å². The lowest BCUT2D eigenvalue weighted by atomic mass is 10.0. The summed E-state index contributed by atoms with van der Waals surface area (Å²) in [6.45, 7) is 1.96. The van der Waals surface area contributed by atoms with Crippen LogP contribution in [0.15, 0.2) is 152 Å². The molecule has 6 aromatic rings. The van der Waals surface area contributed by atoms with Crippen LogP contribution >= 0.6 is 7.80 Å². The second-order valence-electron chi connectivity index (χ2n) is 10.1. The summed E-state index contributed by atoms with van der Waals surface area (Å²) in [6.07, 6.45) is 5.96. The number of aryl methyl sites for hydroxylation is 1. The van der Waals surface area contributed by atoms with Crippen molar-refractivity contribution in [2.24, 2.45) is 0 Å². The highest BCUT2D eigenvalue weighted by Crippen LogP contribution is 2.34. The monoisotopic (exact) mass is 562 g/mol. The minimum Gasteiger partial charge on any atom is -0.315 e. The Morgan fingerprint density at radius 1 is 0.571 bits per heavy atom. The smallest absolute Gasteiger partial charge is 0.150 e. The lowest BCUT2D eigenvalue weighted by Gasteiger charge is -2.25. The van der Waals surface area contributed by atoms with Crippen LogP contribution in [0.4, 0.5) is 17.1 Å². The zero-order valence-corrected chi connectivity index (χ0v) is 24.4. The number of hydrogen-bond donors (Lipinski definition) is 0. The Bertz CT molecular complexity index is 1790. The zero-order chi connectivity index (χ0) is 28.7. The molecular weight excluding hydrogens is 531 g/mol. The van der Waals surface area contributed by atoms with Gasteiger partial charge in [-0.25, -0.2) is 0 Å². The number of nitrogens with zero attached hydrogens (tertiary/aromatic N) is 2. The SMILES string of the molecule is Cc1cccnc1[PH](=O)c1ccccc1-c1ccc(C=Cc2ccc(N(c3ccccc3)c3ccccc3)cc2)cc1. The van der Waals surface area contributed by atoms with Gasteiger partial charge in [0.05, 0.1) is 0 Å². The Morgan fingerprint density at radius 2 is 1.10 bits per heavy atom. The number of anilines is 3. The molecule has 0 amide bonds. The van der Waals surface area contributed by atoms with E-state index in [0.717, 1.165) is 50.2 Å². The van der Waals surface area contributed by atoms with Gasteiger partial charge >= 0.3 is 0 Å². The van der Waals surface area contributed by atoms with Gasteiger partial charge in [-0.3, -0.25) is 4.98 Å². The summed E-state index contributed by atoms with van der Waals surface area (Å²) >= 11 is 0. The van der Waals surface area contributed by atoms with Gasteiger partial charge in [0.15, 0.2) is 0 Å². The molecule has 0 N–H and O–H groups in total. The molecule has 1 unspecified atom stereocenters. The van der Waals surface area contributed by atoms with Crippen molar-refractivity contribution in [1.29, 1.82) is 0 Å². The molecule has 0 spiro atoms. The topological polar surface area (TPSA) is 33.2 Å². The lowest BCUT2D eigenvalue weighted by Crippen LogP contribution is -2.14. The summed E-state index contributed by atoms with van der Waals surface area (Å²) in [5, 5.41) is 0.840. The van der Waals surface area contributed by atoms with Crippen LogP contribution in [0.5, 0.6) is 0 Å². The Labute approximate surface area is 248 Å². The maximum atomic E-state index is 13.5. The van der Waals surface area contributed by atoms with E-state index in [2.05, 4.69) is 119 Å². The van der Waals surface area contributed by atoms with Gasteiger partial charge in [-0.05, 0) is 77.2 Å². The van der Waals surface area contributed by atoms with Crippen LogP contribution in [0.3, 0.4) is 0 Å². The number of pyridine rings is 1. The lowest BCUT2D eigenvalue weighted by molar-refractivity contribution is 0.597. The molecule has 1 atom stereocenters. The van der Waals surface area contributed by atoms with Gasteiger partial charge in [-0.15, -0.1) is 0 Å². The van der Waals surface area contributed by atoms with Crippen molar-refractivity contribution in [2.45, 2.75) is 6.92 Å². The molecule has 6 rings (SSSR count). The normalized spacial score (nSPS) is 11.8. The van der Waals surface area contributed by atoms with E-state index in [1.54, 1.807) is 6.20 Å². The highest BCUT2D eigenvalue weighted by Gasteiger charge is 2.16. The number of para-hydroxylation sites is 2. The third kappa shape index (κ3) is 6.02. The van der Waals surface area contributed by atoms with Crippen molar-refractivity contribution in [3.63, 3.8) is 0 Å². The van der Waals surface area contributed by atoms with E-state index in [0.29, 0.717) is 5.44 Å². The molecule has 0 fully saturated rings. The average Bonchev–Trinajstić information content (AvgIpc) is 3.06. The van der Waals surface area contributed by atoms with E-state index in [1.165, 1.54) is 0 Å². The van der Waals surface area contributed by atoms with Crippen molar-refractivity contribution in [2.75, 3.05) is 4.90 Å². The Kier molecular flexibility index (Phi) is 8.21. The van der Waals surface area contributed by atoms with E-state index in [1.807, 2.05) is 55.5 Å². The van der Waals surface area contributed by atoms with Gasteiger partial charge in [-0.2, -0.15) is 0 Å². The maximum Gasteiger partial charge on any atom is 0.150 e. The van der Waals surface area contributed by atoms with E-state index in [-0.39, 0.29) is 0 Å². The quantitative estimate of drug-likeness (QED) is 0.137. The third-order valence-corrected chi connectivity index (χ3v) is 9.15. The molecule has 1 heterocycles. The number of aromatic nitrogens is 1. The largest absolute Gasteiger partial charge is 0.315 e. The van der Waals surface area contributed by atoms with Crippen LogP contribution in [0, 0.1) is 6.92 Å². The van der Waals surface area contributed by atoms with Crippen molar-refractivity contribution in [3.8, 4) is 11.1 Å². The first-order chi connectivity index (χ1) is 20.7. The molecule has 0 aliphatic heterocycles. The predicted octanol–water partition coefficient (Wildman–Crippen LogP) is 9.21. The van der Waals surface area contributed by atoms with Gasteiger partial charge in [0.1, 0.15) is 13.2 Å². The minimum absolute atomic E-state index is 0.677. The number of benzene rings is 5. The fourth-order valence-corrected chi connectivity index (χ4v) is 6.69. The van der Waals surface area contributed by atoms with Gasteiger partial charge in [0.25, 0.3) is 0 Å². The fourth-order valence-electron chi connectivity index (χ4n) is 5.09. The second kappa shape index (κ2) is 12.7. The first kappa shape index (κ1) is 27.2. The van der Waals surface area contributed by atoms with E-state index in [9.17, 15) is 4.57 Å². The zero-order valence-electron chi connectivity index (χ0n) is 23.4. The molecular formula is C38H31N2OP. The van der Waals surface area contributed by atoms with Gasteiger partial charge in [0.2, 0.25) is 0 Å². The van der Waals surface area contributed by atoms with E-state index in [4.69, 9.17) is 0 Å². The Hall–Kier alpha value is -4.98. The molecule has 0 saturated heterocycles. The van der Waals surface area contributed by atoms with Crippen molar-refractivity contribution < 1.29 is 4.57 Å². The molecule has 0 aliphatic carbocycles. The summed E-state index contributed by atoms with van der Waals surface area (Å²) in [6, 6.07) is 49.6. The minimum atomic E-state index is -2.23. The molecule has 0 aliphatic rings. The molecule has 0 bridgehead atoms. The standard InChI is InChI=1S/C38H31N2OP/c1-29-11-10-28-39-38(29)42(41)37-17-9-8-16-36(37)32-24-20-30(21-25-32)18-19-31-22-26-35(27-23-31)40(33-12-4-2-5-13-33)34-14-6-3-7-15-34/h2-28,42H,1H3. The molecule has 1 aromatic heterocycles. The predicted molar refractivity (Wildman–Crippen MR) is 179 cm³/mol. The third-order valence-electron chi connectivity index (χ3n) is 7.27. The van der Waals surface area contributed by atoms with Crippen molar-refractivity contribution in [3.05, 3.63) is 168 Å². The molecule has 0 saturated carbocycles.